The van der Waals surface area contributed by atoms with Gasteiger partial charge in [0.2, 0.25) is 5.75 Å². The summed E-state index contributed by atoms with van der Waals surface area (Å²) in [6.45, 7) is 2.06. The molecule has 0 atom stereocenters. The molecule has 0 amide bonds. The Morgan fingerprint density at radius 2 is 2.23 bits per heavy atom. The zero-order valence-electron chi connectivity index (χ0n) is 14.2. The molecule has 1 heterocycles. The molecule has 0 radical (unpaired) electrons. The number of hydrogen-bond acceptors (Lipinski definition) is 8. The molecule has 0 bridgehead atoms. The third kappa shape index (κ3) is 4.09. The van der Waals surface area contributed by atoms with E-state index in [1.54, 1.807) is 13.0 Å². The van der Waals surface area contributed by atoms with Crippen LogP contribution in [0.4, 0.5) is 11.4 Å². The SMILES string of the molecule is CCOc1cc(/C=N\Nc2cnn(C)c(=O)c2Cl)cc([N+](=O)[O-])c1OC. The minimum absolute atomic E-state index is 0.0285. The highest BCUT2D eigenvalue weighted by Crippen LogP contribution is 2.37. The Hall–Kier alpha value is -3.14. The number of nitro benzene ring substituents is 1. The summed E-state index contributed by atoms with van der Waals surface area (Å²) >= 11 is 5.92. The van der Waals surface area contributed by atoms with E-state index in [1.165, 1.54) is 32.6 Å². The molecule has 11 heteroatoms. The summed E-state index contributed by atoms with van der Waals surface area (Å²) in [6.07, 6.45) is 2.66. The lowest BCUT2D eigenvalue weighted by atomic mass is 10.2. The van der Waals surface area contributed by atoms with Gasteiger partial charge in [0.05, 0.1) is 31.1 Å². The van der Waals surface area contributed by atoms with Crippen LogP contribution in [0.3, 0.4) is 0 Å². The largest absolute Gasteiger partial charge is 0.490 e. The predicted molar refractivity (Wildman–Crippen MR) is 96.5 cm³/mol. The number of aromatic nitrogens is 2. The van der Waals surface area contributed by atoms with Crippen molar-refractivity contribution in [1.82, 2.24) is 9.78 Å². The van der Waals surface area contributed by atoms with Crippen LogP contribution >= 0.6 is 11.6 Å². The number of nitrogens with one attached hydrogen (secondary N) is 1. The van der Waals surface area contributed by atoms with Gasteiger partial charge in [-0.1, -0.05) is 11.6 Å². The topological polar surface area (TPSA) is 121 Å². The number of rotatable bonds is 7. The number of aryl methyl sites for hydroxylation is 1. The molecule has 1 aromatic heterocycles. The molecule has 0 aliphatic heterocycles. The quantitative estimate of drug-likeness (QED) is 0.443. The molecule has 1 aromatic carbocycles. The first kappa shape index (κ1) is 19.2. The second-order valence-electron chi connectivity index (χ2n) is 4.93. The van der Waals surface area contributed by atoms with Gasteiger partial charge in [-0.2, -0.15) is 10.2 Å². The average molecular weight is 382 g/mol. The summed E-state index contributed by atoms with van der Waals surface area (Å²) in [7, 11) is 2.79. The van der Waals surface area contributed by atoms with Gasteiger partial charge in [-0.05, 0) is 13.0 Å². The van der Waals surface area contributed by atoms with Crippen molar-refractivity contribution in [2.24, 2.45) is 12.1 Å². The molecule has 2 rings (SSSR count). The molecule has 0 saturated carbocycles. The van der Waals surface area contributed by atoms with Crippen molar-refractivity contribution in [1.29, 1.82) is 0 Å². The first-order valence-electron chi connectivity index (χ1n) is 7.39. The molecule has 0 aliphatic carbocycles. The smallest absolute Gasteiger partial charge is 0.315 e. The third-order valence-electron chi connectivity index (χ3n) is 3.24. The van der Waals surface area contributed by atoms with Gasteiger partial charge in [-0.3, -0.25) is 20.3 Å². The molecule has 1 N–H and O–H groups in total. The maximum atomic E-state index is 11.7. The molecule has 26 heavy (non-hydrogen) atoms. The Balaban J connectivity index is 2.34. The molecule has 0 saturated heterocycles. The highest BCUT2D eigenvalue weighted by molar-refractivity contribution is 6.32. The summed E-state index contributed by atoms with van der Waals surface area (Å²) in [5, 5.41) is 18.9. The van der Waals surface area contributed by atoms with Crippen LogP contribution in [0.25, 0.3) is 0 Å². The van der Waals surface area contributed by atoms with E-state index in [4.69, 9.17) is 21.1 Å². The summed E-state index contributed by atoms with van der Waals surface area (Å²) in [4.78, 5) is 22.4. The molecule has 2 aromatic rings. The number of nitrogens with zero attached hydrogens (tertiary/aromatic N) is 4. The number of ether oxygens (including phenoxy) is 2. The van der Waals surface area contributed by atoms with E-state index in [0.29, 0.717) is 12.2 Å². The lowest BCUT2D eigenvalue weighted by Crippen LogP contribution is -2.20. The molecule has 0 aliphatic rings. The summed E-state index contributed by atoms with van der Waals surface area (Å²) in [5.74, 6) is 0.250. The second kappa shape index (κ2) is 8.30. The minimum atomic E-state index is -0.576. The highest BCUT2D eigenvalue weighted by Gasteiger charge is 2.21. The van der Waals surface area contributed by atoms with Crippen LogP contribution in [0.15, 0.2) is 28.2 Å². The fourth-order valence-corrected chi connectivity index (χ4v) is 2.26. The van der Waals surface area contributed by atoms with Crippen molar-refractivity contribution < 1.29 is 14.4 Å². The molecular weight excluding hydrogens is 366 g/mol. The van der Waals surface area contributed by atoms with Crippen LogP contribution in [0, 0.1) is 10.1 Å². The van der Waals surface area contributed by atoms with Crippen LogP contribution in [0.1, 0.15) is 12.5 Å². The second-order valence-corrected chi connectivity index (χ2v) is 5.31. The van der Waals surface area contributed by atoms with Crippen molar-refractivity contribution >= 4 is 29.2 Å². The number of hydrazone groups is 1. The zero-order chi connectivity index (χ0) is 19.3. The molecule has 0 fully saturated rings. The van der Waals surface area contributed by atoms with Gasteiger partial charge in [-0.15, -0.1) is 0 Å². The molecule has 0 unspecified atom stereocenters. The predicted octanol–water partition coefficient (Wildman–Crippen LogP) is 2.20. The lowest BCUT2D eigenvalue weighted by Gasteiger charge is -2.10. The number of anilines is 1. The van der Waals surface area contributed by atoms with Gasteiger partial charge in [0, 0.05) is 18.7 Å². The average Bonchev–Trinajstić information content (AvgIpc) is 2.61. The summed E-state index contributed by atoms with van der Waals surface area (Å²) in [5.41, 5.74) is 2.44. The number of hydrogen-bond donors (Lipinski definition) is 1. The number of halogens is 1. The Morgan fingerprint density at radius 3 is 2.85 bits per heavy atom. The van der Waals surface area contributed by atoms with Gasteiger partial charge in [0.25, 0.3) is 5.56 Å². The Labute approximate surface area is 153 Å². The fourth-order valence-electron chi connectivity index (χ4n) is 2.05. The van der Waals surface area contributed by atoms with Crippen molar-refractivity contribution in [2.75, 3.05) is 19.1 Å². The molecule has 138 valence electrons. The molecular formula is C15H16ClN5O5. The number of nitro groups is 1. The van der Waals surface area contributed by atoms with Gasteiger partial charge >= 0.3 is 5.69 Å². The fraction of sp³-hybridized carbons (Fsp3) is 0.267. The van der Waals surface area contributed by atoms with Gasteiger partial charge in [0.1, 0.15) is 10.7 Å². The maximum absolute atomic E-state index is 11.7. The van der Waals surface area contributed by atoms with E-state index in [1.807, 2.05) is 0 Å². The van der Waals surface area contributed by atoms with Crippen molar-refractivity contribution in [3.8, 4) is 11.5 Å². The van der Waals surface area contributed by atoms with Crippen molar-refractivity contribution in [3.63, 3.8) is 0 Å². The third-order valence-corrected chi connectivity index (χ3v) is 3.60. The van der Waals surface area contributed by atoms with Crippen LogP contribution in [-0.2, 0) is 7.05 Å². The van der Waals surface area contributed by atoms with E-state index in [0.717, 1.165) is 4.68 Å². The van der Waals surface area contributed by atoms with Crippen LogP contribution in [0.5, 0.6) is 11.5 Å². The van der Waals surface area contributed by atoms with Gasteiger partial charge in [0.15, 0.2) is 5.75 Å². The van der Waals surface area contributed by atoms with Crippen LogP contribution in [0.2, 0.25) is 5.02 Å². The minimum Gasteiger partial charge on any atom is -0.490 e. The van der Waals surface area contributed by atoms with E-state index < -0.39 is 10.5 Å². The van der Waals surface area contributed by atoms with E-state index >= 15 is 0 Å². The van der Waals surface area contributed by atoms with Crippen molar-refractivity contribution in [3.05, 3.63) is 49.4 Å². The van der Waals surface area contributed by atoms with Crippen LogP contribution < -0.4 is 20.5 Å². The first-order chi connectivity index (χ1) is 12.4. The van der Waals surface area contributed by atoms with E-state index in [9.17, 15) is 14.9 Å². The normalized spacial score (nSPS) is 10.8. The zero-order valence-corrected chi connectivity index (χ0v) is 15.0. The monoisotopic (exact) mass is 381 g/mol. The maximum Gasteiger partial charge on any atom is 0.315 e. The molecule has 10 nitrogen and oxygen atoms in total. The number of benzene rings is 1. The summed E-state index contributed by atoms with van der Waals surface area (Å²) in [6, 6.07) is 2.83. The van der Waals surface area contributed by atoms with Gasteiger partial charge in [-0.25, -0.2) is 4.68 Å². The summed E-state index contributed by atoms with van der Waals surface area (Å²) < 4.78 is 11.5. The Bertz CT molecular complexity index is 912. The lowest BCUT2D eigenvalue weighted by molar-refractivity contribution is -0.385. The Morgan fingerprint density at radius 1 is 1.50 bits per heavy atom. The standard InChI is InChI=1S/C15H16ClN5O5/c1-4-26-12-6-9(5-11(21(23)24)14(12)25-3)7-17-19-10-8-18-20(2)15(22)13(10)16/h5-8,19H,4H2,1-3H3/b17-7-. The van der Waals surface area contributed by atoms with E-state index in [-0.39, 0.29) is 27.9 Å². The van der Waals surface area contributed by atoms with Crippen molar-refractivity contribution in [2.45, 2.75) is 6.92 Å². The molecule has 0 spiro atoms. The van der Waals surface area contributed by atoms with Gasteiger partial charge < -0.3 is 9.47 Å². The highest BCUT2D eigenvalue weighted by atomic mass is 35.5. The first-order valence-corrected chi connectivity index (χ1v) is 7.76. The van der Waals surface area contributed by atoms with Crippen LogP contribution in [-0.4, -0.2) is 34.6 Å². The number of methoxy groups -OCH3 is 1. The van der Waals surface area contributed by atoms with E-state index in [2.05, 4.69) is 15.6 Å². The Kier molecular flexibility index (Phi) is 6.12.